The first-order valence-corrected chi connectivity index (χ1v) is 8.87. The van der Waals surface area contributed by atoms with Crippen LogP contribution in [-0.2, 0) is 14.1 Å². The van der Waals surface area contributed by atoms with Crippen LogP contribution in [0.5, 0.6) is 0 Å². The Morgan fingerprint density at radius 1 is 1.19 bits per heavy atom. The second-order valence-electron chi connectivity index (χ2n) is 5.97. The minimum Gasteiger partial charge on any atom is -0.384 e. The number of hydrogen-bond donors (Lipinski definition) is 1. The Labute approximate surface area is 153 Å². The number of fused-ring (bicyclic) bond motifs is 1. The molecule has 0 fully saturated rings. The SMILES string of the molecule is Cc1cc(SCC(=O)c2c(N)n(C)c(=O)n(C)c2=O)nc2ccccc12. The smallest absolute Gasteiger partial charge is 0.332 e. The summed E-state index contributed by atoms with van der Waals surface area (Å²) >= 11 is 1.23. The molecule has 0 aliphatic rings. The number of para-hydroxylation sites is 1. The van der Waals surface area contributed by atoms with Gasteiger partial charge in [-0.2, -0.15) is 0 Å². The molecule has 0 aliphatic heterocycles. The van der Waals surface area contributed by atoms with Crippen molar-refractivity contribution in [3.05, 3.63) is 62.3 Å². The molecule has 0 radical (unpaired) electrons. The Bertz CT molecular complexity index is 1150. The van der Waals surface area contributed by atoms with Gasteiger partial charge in [-0.3, -0.25) is 18.7 Å². The number of carbonyl (C=O) groups is 1. The molecule has 3 rings (SSSR count). The number of carbonyl (C=O) groups excluding carboxylic acids is 1. The highest BCUT2D eigenvalue weighted by Crippen LogP contribution is 2.24. The highest BCUT2D eigenvalue weighted by atomic mass is 32.2. The van der Waals surface area contributed by atoms with Crippen molar-refractivity contribution in [2.24, 2.45) is 14.1 Å². The van der Waals surface area contributed by atoms with Crippen LogP contribution in [-0.4, -0.2) is 25.7 Å². The van der Waals surface area contributed by atoms with Crippen LogP contribution in [0.4, 0.5) is 5.82 Å². The Morgan fingerprint density at radius 2 is 1.88 bits per heavy atom. The standard InChI is InChI=1S/C18H18N4O3S/c1-10-8-14(20-12-7-5-4-6-11(10)12)26-9-13(23)15-16(19)21(2)18(25)22(3)17(15)24/h4-8H,9,19H2,1-3H3. The van der Waals surface area contributed by atoms with E-state index in [0.29, 0.717) is 5.03 Å². The minimum absolute atomic E-state index is 0.00240. The monoisotopic (exact) mass is 370 g/mol. The van der Waals surface area contributed by atoms with E-state index in [2.05, 4.69) is 4.98 Å². The van der Waals surface area contributed by atoms with E-state index in [9.17, 15) is 14.4 Å². The van der Waals surface area contributed by atoms with E-state index < -0.39 is 17.0 Å². The third-order valence-electron chi connectivity index (χ3n) is 4.24. The Hall–Kier alpha value is -2.87. The fourth-order valence-electron chi connectivity index (χ4n) is 2.73. The van der Waals surface area contributed by atoms with Crippen molar-refractivity contribution < 1.29 is 4.79 Å². The molecule has 7 nitrogen and oxygen atoms in total. The molecule has 8 heteroatoms. The predicted octanol–water partition coefficient (Wildman–Crippen LogP) is 1.50. The molecule has 2 N–H and O–H groups in total. The summed E-state index contributed by atoms with van der Waals surface area (Å²) in [6.45, 7) is 1.98. The van der Waals surface area contributed by atoms with Gasteiger partial charge in [-0.25, -0.2) is 9.78 Å². The zero-order valence-electron chi connectivity index (χ0n) is 14.6. The molecular formula is C18H18N4O3S. The largest absolute Gasteiger partial charge is 0.384 e. The third kappa shape index (κ3) is 3.03. The van der Waals surface area contributed by atoms with Gasteiger partial charge in [0.1, 0.15) is 11.4 Å². The van der Waals surface area contributed by atoms with Crippen molar-refractivity contribution in [3.8, 4) is 0 Å². The van der Waals surface area contributed by atoms with Crippen LogP contribution >= 0.6 is 11.8 Å². The van der Waals surface area contributed by atoms with Crippen LogP contribution in [0, 0.1) is 6.92 Å². The average molecular weight is 370 g/mol. The zero-order chi connectivity index (χ0) is 19.0. The van der Waals surface area contributed by atoms with Crippen LogP contribution < -0.4 is 17.0 Å². The number of thioether (sulfide) groups is 1. The van der Waals surface area contributed by atoms with Crippen molar-refractivity contribution in [2.75, 3.05) is 11.5 Å². The molecule has 0 saturated heterocycles. The number of nitrogen functional groups attached to an aromatic ring is 1. The van der Waals surface area contributed by atoms with E-state index in [1.54, 1.807) is 0 Å². The number of aryl methyl sites for hydroxylation is 1. The quantitative estimate of drug-likeness (QED) is 0.552. The molecule has 134 valence electrons. The summed E-state index contributed by atoms with van der Waals surface area (Å²) in [5.74, 6) is -0.551. The van der Waals surface area contributed by atoms with E-state index in [1.807, 2.05) is 37.3 Å². The van der Waals surface area contributed by atoms with Crippen LogP contribution in [0.15, 0.2) is 44.9 Å². The van der Waals surface area contributed by atoms with E-state index in [-0.39, 0.29) is 17.1 Å². The van der Waals surface area contributed by atoms with Crippen LogP contribution in [0.3, 0.4) is 0 Å². The van der Waals surface area contributed by atoms with Crippen molar-refractivity contribution in [1.82, 2.24) is 14.1 Å². The molecule has 0 aliphatic carbocycles. The molecule has 0 saturated carbocycles. The molecule has 1 aromatic carbocycles. The predicted molar refractivity (Wildman–Crippen MR) is 103 cm³/mol. The van der Waals surface area contributed by atoms with Gasteiger partial charge < -0.3 is 5.73 Å². The van der Waals surface area contributed by atoms with E-state index in [4.69, 9.17) is 5.73 Å². The molecule has 26 heavy (non-hydrogen) atoms. The number of aromatic nitrogens is 3. The molecule has 2 heterocycles. The van der Waals surface area contributed by atoms with Crippen molar-refractivity contribution in [3.63, 3.8) is 0 Å². The highest BCUT2D eigenvalue weighted by molar-refractivity contribution is 7.99. The van der Waals surface area contributed by atoms with E-state index >= 15 is 0 Å². The molecule has 0 unspecified atom stereocenters. The normalized spacial score (nSPS) is 11.0. The fourth-order valence-corrected chi connectivity index (χ4v) is 3.57. The first-order valence-electron chi connectivity index (χ1n) is 7.89. The Morgan fingerprint density at radius 3 is 2.62 bits per heavy atom. The summed E-state index contributed by atoms with van der Waals surface area (Å²) in [6.07, 6.45) is 0. The van der Waals surface area contributed by atoms with Crippen LogP contribution in [0.2, 0.25) is 0 Å². The van der Waals surface area contributed by atoms with Gasteiger partial charge in [0.15, 0.2) is 5.78 Å². The highest BCUT2D eigenvalue weighted by Gasteiger charge is 2.20. The summed E-state index contributed by atoms with van der Waals surface area (Å²) in [5, 5.41) is 1.74. The molecule has 2 aromatic heterocycles. The Balaban J connectivity index is 1.91. The summed E-state index contributed by atoms with van der Waals surface area (Å²) < 4.78 is 1.98. The molecule has 0 amide bonds. The van der Waals surface area contributed by atoms with Crippen LogP contribution in [0.25, 0.3) is 10.9 Å². The van der Waals surface area contributed by atoms with Gasteiger partial charge in [0, 0.05) is 19.5 Å². The lowest BCUT2D eigenvalue weighted by atomic mass is 10.1. The first kappa shape index (κ1) is 17.9. The number of ketones is 1. The lowest BCUT2D eigenvalue weighted by Crippen LogP contribution is -2.41. The van der Waals surface area contributed by atoms with Gasteiger partial charge in [0.05, 0.1) is 16.3 Å². The zero-order valence-corrected chi connectivity index (χ0v) is 15.5. The summed E-state index contributed by atoms with van der Waals surface area (Å²) in [6, 6.07) is 9.67. The van der Waals surface area contributed by atoms with Gasteiger partial charge in [0.2, 0.25) is 0 Å². The first-order chi connectivity index (χ1) is 12.3. The average Bonchev–Trinajstić information content (AvgIpc) is 2.63. The summed E-state index contributed by atoms with van der Waals surface area (Å²) in [5.41, 5.74) is 6.32. The second kappa shape index (κ2) is 6.80. The van der Waals surface area contributed by atoms with Gasteiger partial charge in [-0.05, 0) is 24.6 Å². The molecular weight excluding hydrogens is 352 g/mol. The maximum Gasteiger partial charge on any atom is 0.332 e. The third-order valence-corrected chi connectivity index (χ3v) is 5.15. The lowest BCUT2D eigenvalue weighted by molar-refractivity contribution is 0.102. The number of rotatable bonds is 4. The number of nitrogens with two attached hydrogens (primary N) is 1. The maximum atomic E-state index is 12.6. The molecule has 0 atom stereocenters. The van der Waals surface area contributed by atoms with Gasteiger partial charge in [-0.1, -0.05) is 30.0 Å². The number of hydrogen-bond acceptors (Lipinski definition) is 6. The number of pyridine rings is 1. The number of benzene rings is 1. The number of nitrogens with zero attached hydrogens (tertiary/aromatic N) is 3. The molecule has 0 bridgehead atoms. The van der Waals surface area contributed by atoms with E-state index in [0.717, 1.165) is 25.6 Å². The van der Waals surface area contributed by atoms with Crippen molar-refractivity contribution in [1.29, 1.82) is 0 Å². The molecule has 3 aromatic rings. The lowest BCUT2D eigenvalue weighted by Gasteiger charge is -2.11. The van der Waals surface area contributed by atoms with Gasteiger partial charge in [-0.15, -0.1) is 0 Å². The Kier molecular flexibility index (Phi) is 4.69. The maximum absolute atomic E-state index is 12.6. The second-order valence-corrected chi connectivity index (χ2v) is 6.97. The number of Topliss-reactive ketones (excluding diaryl/α,β-unsaturated/α-hetero) is 1. The topological polar surface area (TPSA) is 100.0 Å². The molecule has 0 spiro atoms. The fraction of sp³-hybridized carbons (Fsp3) is 0.222. The van der Waals surface area contributed by atoms with Crippen molar-refractivity contribution >= 4 is 34.3 Å². The van der Waals surface area contributed by atoms with Gasteiger partial charge >= 0.3 is 5.69 Å². The summed E-state index contributed by atoms with van der Waals surface area (Å²) in [7, 11) is 2.75. The minimum atomic E-state index is -0.682. The van der Waals surface area contributed by atoms with Crippen molar-refractivity contribution in [2.45, 2.75) is 11.9 Å². The van der Waals surface area contributed by atoms with Gasteiger partial charge in [0.25, 0.3) is 5.56 Å². The summed E-state index contributed by atoms with van der Waals surface area (Å²) in [4.78, 5) is 41.2. The van der Waals surface area contributed by atoms with E-state index in [1.165, 1.54) is 25.9 Å². The van der Waals surface area contributed by atoms with Crippen LogP contribution in [0.1, 0.15) is 15.9 Å². The number of anilines is 1.